The van der Waals surface area contributed by atoms with E-state index in [2.05, 4.69) is 0 Å². The summed E-state index contributed by atoms with van der Waals surface area (Å²) in [5.74, 6) is -0.887. The van der Waals surface area contributed by atoms with Crippen LogP contribution < -0.4 is 0 Å². The molecular weight excluding hydrogens is 224 g/mol. The first kappa shape index (κ1) is 12.1. The fourth-order valence-electron chi connectivity index (χ4n) is 1.71. The van der Waals surface area contributed by atoms with Crippen LogP contribution in [0, 0.1) is 0 Å². The summed E-state index contributed by atoms with van der Waals surface area (Å²) < 4.78 is 0. The second-order valence-corrected chi connectivity index (χ2v) is 4.12. The summed E-state index contributed by atoms with van der Waals surface area (Å²) >= 11 is 0. The molecule has 0 heterocycles. The molecule has 0 atom stereocenters. The summed E-state index contributed by atoms with van der Waals surface area (Å²) in [7, 11) is 0. The summed E-state index contributed by atoms with van der Waals surface area (Å²) in [4.78, 5) is 10.7. The second kappa shape index (κ2) is 5.32. The van der Waals surface area contributed by atoms with Gasteiger partial charge in [-0.3, -0.25) is 0 Å². The van der Waals surface area contributed by atoms with Crippen LogP contribution in [-0.2, 0) is 4.79 Å². The van der Waals surface area contributed by atoms with Gasteiger partial charge in [0.2, 0.25) is 0 Å². The van der Waals surface area contributed by atoms with Crippen molar-refractivity contribution >= 4 is 12.0 Å². The van der Waals surface area contributed by atoms with Crippen molar-refractivity contribution in [3.63, 3.8) is 0 Å². The Morgan fingerprint density at radius 1 is 0.944 bits per heavy atom. The highest BCUT2D eigenvalue weighted by Gasteiger charge is 2.00. The monoisotopic (exact) mass is 238 g/mol. The largest absolute Gasteiger partial charge is 0.478 e. The minimum absolute atomic E-state index is 0.336. The lowest BCUT2D eigenvalue weighted by molar-refractivity contribution is -0.132. The lowest BCUT2D eigenvalue weighted by Crippen LogP contribution is -1.95. The summed E-state index contributed by atoms with van der Waals surface area (Å²) in [6.45, 7) is 1.59. The quantitative estimate of drug-likeness (QED) is 0.825. The van der Waals surface area contributed by atoms with Gasteiger partial charge in [-0.2, -0.15) is 0 Å². The highest BCUT2D eigenvalue weighted by molar-refractivity contribution is 5.91. The Bertz CT molecular complexity index is 566. The van der Waals surface area contributed by atoms with Crippen LogP contribution in [0.2, 0.25) is 0 Å². The SMILES string of the molecule is CC(=Cc1ccc(-c2ccccc2)cc1)C(=O)O. The topological polar surface area (TPSA) is 37.3 Å². The normalized spacial score (nSPS) is 11.3. The van der Waals surface area contributed by atoms with Crippen LogP contribution in [0.4, 0.5) is 0 Å². The molecule has 0 aromatic heterocycles. The molecule has 0 amide bonds. The first-order chi connectivity index (χ1) is 8.66. The van der Waals surface area contributed by atoms with E-state index in [-0.39, 0.29) is 0 Å². The third-order valence-corrected chi connectivity index (χ3v) is 2.74. The van der Waals surface area contributed by atoms with E-state index in [1.807, 2.05) is 54.6 Å². The van der Waals surface area contributed by atoms with E-state index in [1.54, 1.807) is 13.0 Å². The van der Waals surface area contributed by atoms with Crippen LogP contribution >= 0.6 is 0 Å². The molecule has 0 bridgehead atoms. The second-order valence-electron chi connectivity index (χ2n) is 4.12. The van der Waals surface area contributed by atoms with Crippen molar-refractivity contribution in [2.75, 3.05) is 0 Å². The Balaban J connectivity index is 2.26. The number of carboxylic acid groups (broad SMARTS) is 1. The predicted molar refractivity (Wildman–Crippen MR) is 73.2 cm³/mol. The maximum Gasteiger partial charge on any atom is 0.331 e. The van der Waals surface area contributed by atoms with Gasteiger partial charge in [0.25, 0.3) is 0 Å². The van der Waals surface area contributed by atoms with E-state index in [0.29, 0.717) is 5.57 Å². The van der Waals surface area contributed by atoms with Gasteiger partial charge in [-0.05, 0) is 29.7 Å². The number of aliphatic carboxylic acids is 1. The number of carboxylic acids is 1. The van der Waals surface area contributed by atoms with Crippen molar-refractivity contribution < 1.29 is 9.90 Å². The molecule has 2 rings (SSSR count). The molecule has 0 aliphatic heterocycles. The van der Waals surface area contributed by atoms with Gasteiger partial charge in [0.1, 0.15) is 0 Å². The zero-order valence-electron chi connectivity index (χ0n) is 10.1. The first-order valence-corrected chi connectivity index (χ1v) is 5.74. The van der Waals surface area contributed by atoms with E-state index in [4.69, 9.17) is 5.11 Å². The van der Waals surface area contributed by atoms with Crippen molar-refractivity contribution in [1.29, 1.82) is 0 Å². The van der Waals surface area contributed by atoms with E-state index < -0.39 is 5.97 Å². The Morgan fingerprint density at radius 2 is 1.50 bits per heavy atom. The molecule has 18 heavy (non-hydrogen) atoms. The van der Waals surface area contributed by atoms with Gasteiger partial charge in [-0.15, -0.1) is 0 Å². The van der Waals surface area contributed by atoms with Gasteiger partial charge in [-0.1, -0.05) is 54.6 Å². The zero-order valence-corrected chi connectivity index (χ0v) is 10.1. The summed E-state index contributed by atoms with van der Waals surface area (Å²) in [6.07, 6.45) is 1.66. The van der Waals surface area contributed by atoms with E-state index in [1.165, 1.54) is 0 Å². The van der Waals surface area contributed by atoms with Crippen LogP contribution in [0.15, 0.2) is 60.2 Å². The van der Waals surface area contributed by atoms with Gasteiger partial charge < -0.3 is 5.11 Å². The van der Waals surface area contributed by atoms with E-state index in [9.17, 15) is 4.79 Å². The summed E-state index contributed by atoms with van der Waals surface area (Å²) in [5.41, 5.74) is 3.51. The van der Waals surface area contributed by atoms with Crippen molar-refractivity contribution in [2.24, 2.45) is 0 Å². The van der Waals surface area contributed by atoms with Gasteiger partial charge in [0.15, 0.2) is 0 Å². The molecule has 90 valence electrons. The Morgan fingerprint density at radius 3 is 2.06 bits per heavy atom. The fourth-order valence-corrected chi connectivity index (χ4v) is 1.71. The molecule has 2 heteroatoms. The molecule has 0 saturated heterocycles. The molecule has 0 fully saturated rings. The lowest BCUT2D eigenvalue weighted by atomic mass is 10.0. The van der Waals surface area contributed by atoms with Crippen molar-refractivity contribution in [3.8, 4) is 11.1 Å². The van der Waals surface area contributed by atoms with Crippen molar-refractivity contribution in [2.45, 2.75) is 6.92 Å². The molecule has 0 radical (unpaired) electrons. The molecule has 0 aliphatic rings. The van der Waals surface area contributed by atoms with E-state index in [0.717, 1.165) is 16.7 Å². The van der Waals surface area contributed by atoms with Crippen LogP contribution in [0.5, 0.6) is 0 Å². The van der Waals surface area contributed by atoms with Gasteiger partial charge in [0, 0.05) is 5.57 Å². The number of hydrogen-bond donors (Lipinski definition) is 1. The minimum atomic E-state index is -0.887. The van der Waals surface area contributed by atoms with Gasteiger partial charge in [0.05, 0.1) is 0 Å². The molecule has 2 aromatic rings. The van der Waals surface area contributed by atoms with Crippen LogP contribution in [-0.4, -0.2) is 11.1 Å². The maximum absolute atomic E-state index is 10.7. The van der Waals surface area contributed by atoms with Crippen LogP contribution in [0.3, 0.4) is 0 Å². The highest BCUT2D eigenvalue weighted by Crippen LogP contribution is 2.20. The number of benzene rings is 2. The molecule has 0 aliphatic carbocycles. The standard InChI is InChI=1S/C16H14O2/c1-12(16(17)18)11-13-7-9-15(10-8-13)14-5-3-2-4-6-14/h2-11H,1H3,(H,17,18). The smallest absolute Gasteiger partial charge is 0.331 e. The first-order valence-electron chi connectivity index (χ1n) is 5.74. The molecule has 1 N–H and O–H groups in total. The molecule has 2 aromatic carbocycles. The van der Waals surface area contributed by atoms with Crippen molar-refractivity contribution in [1.82, 2.24) is 0 Å². The van der Waals surface area contributed by atoms with E-state index >= 15 is 0 Å². The Labute approximate surface area is 106 Å². The molecule has 2 nitrogen and oxygen atoms in total. The molecule has 0 saturated carbocycles. The van der Waals surface area contributed by atoms with Crippen LogP contribution in [0.1, 0.15) is 12.5 Å². The van der Waals surface area contributed by atoms with Gasteiger partial charge >= 0.3 is 5.97 Å². The highest BCUT2D eigenvalue weighted by atomic mass is 16.4. The maximum atomic E-state index is 10.7. The summed E-state index contributed by atoms with van der Waals surface area (Å²) in [6, 6.07) is 17.9. The average molecular weight is 238 g/mol. The predicted octanol–water partition coefficient (Wildman–Crippen LogP) is 3.84. The minimum Gasteiger partial charge on any atom is -0.478 e. The van der Waals surface area contributed by atoms with Crippen molar-refractivity contribution in [3.05, 3.63) is 65.7 Å². The summed E-state index contributed by atoms with van der Waals surface area (Å²) in [5, 5.41) is 8.81. The number of carbonyl (C=O) groups is 1. The third-order valence-electron chi connectivity index (χ3n) is 2.74. The number of rotatable bonds is 3. The lowest BCUT2D eigenvalue weighted by Gasteiger charge is -2.02. The Kier molecular flexibility index (Phi) is 3.58. The zero-order chi connectivity index (χ0) is 13.0. The molecule has 0 spiro atoms. The molecular formula is C16H14O2. The fraction of sp³-hybridized carbons (Fsp3) is 0.0625. The molecule has 0 unspecified atom stereocenters. The Hall–Kier alpha value is -2.35. The van der Waals surface area contributed by atoms with Gasteiger partial charge in [-0.25, -0.2) is 4.79 Å². The van der Waals surface area contributed by atoms with Crippen LogP contribution in [0.25, 0.3) is 17.2 Å². The third kappa shape index (κ3) is 2.86. The average Bonchev–Trinajstić information content (AvgIpc) is 2.40. The number of hydrogen-bond acceptors (Lipinski definition) is 1.